The molecule has 0 saturated heterocycles. The number of rotatable bonds is 3. The van der Waals surface area contributed by atoms with E-state index in [0.29, 0.717) is 0 Å². The van der Waals surface area contributed by atoms with Gasteiger partial charge < -0.3 is 5.32 Å². The standard InChI is InChI=1S/C15H14N2S/c1-2-11-7-9-12(10-8-11)16-15-17-13-5-3-4-6-14(13)18-15/h3-10H,2H2,1H3,(H,16,17). The number of anilines is 2. The number of fused-ring (bicyclic) bond motifs is 1. The third-order valence-electron chi connectivity index (χ3n) is 2.91. The maximum atomic E-state index is 4.56. The van der Waals surface area contributed by atoms with Crippen molar-refractivity contribution < 1.29 is 0 Å². The van der Waals surface area contributed by atoms with Crippen LogP contribution in [0.3, 0.4) is 0 Å². The van der Waals surface area contributed by atoms with Gasteiger partial charge in [0.1, 0.15) is 0 Å². The molecule has 3 heteroatoms. The maximum Gasteiger partial charge on any atom is 0.188 e. The number of thiazole rings is 1. The zero-order valence-corrected chi connectivity index (χ0v) is 11.0. The third kappa shape index (κ3) is 2.22. The van der Waals surface area contributed by atoms with E-state index in [4.69, 9.17) is 0 Å². The topological polar surface area (TPSA) is 24.9 Å². The number of aromatic nitrogens is 1. The Hall–Kier alpha value is -1.87. The highest BCUT2D eigenvalue weighted by Gasteiger charge is 2.02. The van der Waals surface area contributed by atoms with Crippen LogP contribution in [-0.2, 0) is 6.42 Å². The Morgan fingerprint density at radius 2 is 1.83 bits per heavy atom. The second-order valence-corrected chi connectivity index (χ2v) is 5.19. The van der Waals surface area contributed by atoms with Crippen LogP contribution in [0.25, 0.3) is 10.2 Å². The van der Waals surface area contributed by atoms with Crippen molar-refractivity contribution in [3.05, 3.63) is 54.1 Å². The van der Waals surface area contributed by atoms with E-state index in [9.17, 15) is 0 Å². The van der Waals surface area contributed by atoms with Crippen LogP contribution in [0, 0.1) is 0 Å². The van der Waals surface area contributed by atoms with Crippen LogP contribution >= 0.6 is 11.3 Å². The summed E-state index contributed by atoms with van der Waals surface area (Å²) in [6.07, 6.45) is 1.07. The highest BCUT2D eigenvalue weighted by Crippen LogP contribution is 2.27. The quantitative estimate of drug-likeness (QED) is 0.738. The number of nitrogens with zero attached hydrogens (tertiary/aromatic N) is 1. The largest absolute Gasteiger partial charge is 0.332 e. The molecule has 0 unspecified atom stereocenters. The van der Waals surface area contributed by atoms with Gasteiger partial charge in [0.25, 0.3) is 0 Å². The summed E-state index contributed by atoms with van der Waals surface area (Å²) in [7, 11) is 0. The number of aryl methyl sites for hydroxylation is 1. The molecular weight excluding hydrogens is 240 g/mol. The molecular formula is C15H14N2S. The van der Waals surface area contributed by atoms with Crippen LogP contribution < -0.4 is 5.32 Å². The minimum absolute atomic E-state index is 0.945. The summed E-state index contributed by atoms with van der Waals surface area (Å²) in [6, 6.07) is 16.7. The molecule has 0 saturated carbocycles. The number of para-hydroxylation sites is 1. The average molecular weight is 254 g/mol. The van der Waals surface area contributed by atoms with Crippen LogP contribution in [0.4, 0.5) is 10.8 Å². The average Bonchev–Trinajstić information content (AvgIpc) is 2.82. The predicted octanol–water partition coefficient (Wildman–Crippen LogP) is 4.60. The Balaban J connectivity index is 1.86. The first kappa shape index (κ1) is 11.2. The van der Waals surface area contributed by atoms with Gasteiger partial charge in [-0.05, 0) is 36.2 Å². The van der Waals surface area contributed by atoms with Crippen LogP contribution in [0.2, 0.25) is 0 Å². The lowest BCUT2D eigenvalue weighted by Gasteiger charge is -2.03. The van der Waals surface area contributed by atoms with Crippen molar-refractivity contribution >= 4 is 32.4 Å². The molecule has 90 valence electrons. The smallest absolute Gasteiger partial charge is 0.188 e. The fourth-order valence-corrected chi connectivity index (χ4v) is 2.76. The Labute approximate surface area is 110 Å². The van der Waals surface area contributed by atoms with Crippen molar-refractivity contribution in [2.45, 2.75) is 13.3 Å². The van der Waals surface area contributed by atoms with Crippen molar-refractivity contribution in [2.24, 2.45) is 0 Å². The molecule has 0 bridgehead atoms. The van der Waals surface area contributed by atoms with E-state index < -0.39 is 0 Å². The molecule has 0 aliphatic rings. The fraction of sp³-hybridized carbons (Fsp3) is 0.133. The Morgan fingerprint density at radius 3 is 2.56 bits per heavy atom. The summed E-state index contributed by atoms with van der Waals surface area (Å²) < 4.78 is 1.21. The second kappa shape index (κ2) is 4.78. The molecule has 1 N–H and O–H groups in total. The van der Waals surface area contributed by atoms with Gasteiger partial charge in [-0.25, -0.2) is 4.98 Å². The van der Waals surface area contributed by atoms with Crippen LogP contribution in [0.15, 0.2) is 48.5 Å². The summed E-state index contributed by atoms with van der Waals surface area (Å²) >= 11 is 1.68. The van der Waals surface area contributed by atoms with Crippen LogP contribution in [0.1, 0.15) is 12.5 Å². The second-order valence-electron chi connectivity index (χ2n) is 4.16. The molecule has 0 fully saturated rings. The number of benzene rings is 2. The van der Waals surface area contributed by atoms with Crippen molar-refractivity contribution in [3.8, 4) is 0 Å². The first-order chi connectivity index (χ1) is 8.85. The minimum atomic E-state index is 0.945. The molecule has 18 heavy (non-hydrogen) atoms. The normalized spacial score (nSPS) is 10.7. The maximum absolute atomic E-state index is 4.56. The fourth-order valence-electron chi connectivity index (χ4n) is 1.87. The molecule has 2 aromatic carbocycles. The zero-order chi connectivity index (χ0) is 12.4. The summed E-state index contributed by atoms with van der Waals surface area (Å²) in [5.74, 6) is 0. The van der Waals surface area contributed by atoms with Crippen LogP contribution in [-0.4, -0.2) is 4.98 Å². The van der Waals surface area contributed by atoms with Gasteiger partial charge >= 0.3 is 0 Å². The van der Waals surface area contributed by atoms with Gasteiger partial charge in [0.05, 0.1) is 10.2 Å². The van der Waals surface area contributed by atoms with Crippen molar-refractivity contribution in [1.82, 2.24) is 4.98 Å². The van der Waals surface area contributed by atoms with Crippen molar-refractivity contribution in [2.75, 3.05) is 5.32 Å². The summed E-state index contributed by atoms with van der Waals surface area (Å²) in [4.78, 5) is 4.56. The summed E-state index contributed by atoms with van der Waals surface area (Å²) in [5, 5.41) is 4.30. The van der Waals surface area contributed by atoms with E-state index in [-0.39, 0.29) is 0 Å². The van der Waals surface area contributed by atoms with E-state index in [1.165, 1.54) is 10.3 Å². The Kier molecular flexibility index (Phi) is 2.99. The number of nitrogens with one attached hydrogen (secondary N) is 1. The molecule has 0 amide bonds. The number of hydrogen-bond donors (Lipinski definition) is 1. The van der Waals surface area contributed by atoms with Gasteiger partial charge in [0.2, 0.25) is 0 Å². The van der Waals surface area contributed by atoms with Crippen LogP contribution in [0.5, 0.6) is 0 Å². The van der Waals surface area contributed by atoms with E-state index in [2.05, 4.69) is 47.6 Å². The Bertz CT molecular complexity index is 623. The number of hydrogen-bond acceptors (Lipinski definition) is 3. The van der Waals surface area contributed by atoms with Gasteiger partial charge in [0, 0.05) is 5.69 Å². The lowest BCUT2D eigenvalue weighted by molar-refractivity contribution is 1.14. The molecule has 3 aromatic rings. The SMILES string of the molecule is CCc1ccc(Nc2nc3ccccc3s2)cc1. The molecule has 0 atom stereocenters. The van der Waals surface area contributed by atoms with E-state index in [0.717, 1.165) is 22.8 Å². The molecule has 2 nitrogen and oxygen atoms in total. The van der Waals surface area contributed by atoms with Crippen molar-refractivity contribution in [1.29, 1.82) is 0 Å². The van der Waals surface area contributed by atoms with E-state index in [1.54, 1.807) is 11.3 Å². The molecule has 3 rings (SSSR count). The van der Waals surface area contributed by atoms with Gasteiger partial charge in [-0.1, -0.05) is 42.5 Å². The zero-order valence-electron chi connectivity index (χ0n) is 10.2. The minimum Gasteiger partial charge on any atom is -0.332 e. The first-order valence-electron chi connectivity index (χ1n) is 6.06. The summed E-state index contributed by atoms with van der Waals surface area (Å²) in [6.45, 7) is 2.16. The lowest BCUT2D eigenvalue weighted by Crippen LogP contribution is -1.89. The predicted molar refractivity (Wildman–Crippen MR) is 78.7 cm³/mol. The van der Waals surface area contributed by atoms with Crippen molar-refractivity contribution in [3.63, 3.8) is 0 Å². The highest BCUT2D eigenvalue weighted by atomic mass is 32.1. The molecule has 0 aliphatic heterocycles. The van der Waals surface area contributed by atoms with Gasteiger partial charge in [-0.3, -0.25) is 0 Å². The molecule has 0 aliphatic carbocycles. The van der Waals surface area contributed by atoms with Gasteiger partial charge in [0.15, 0.2) is 5.13 Å². The molecule has 0 spiro atoms. The monoisotopic (exact) mass is 254 g/mol. The lowest BCUT2D eigenvalue weighted by atomic mass is 10.1. The van der Waals surface area contributed by atoms with E-state index >= 15 is 0 Å². The van der Waals surface area contributed by atoms with Gasteiger partial charge in [-0.2, -0.15) is 0 Å². The summed E-state index contributed by atoms with van der Waals surface area (Å²) in [5.41, 5.74) is 3.49. The van der Waals surface area contributed by atoms with Gasteiger partial charge in [-0.15, -0.1) is 0 Å². The third-order valence-corrected chi connectivity index (χ3v) is 3.86. The highest BCUT2D eigenvalue weighted by molar-refractivity contribution is 7.22. The molecule has 1 aromatic heterocycles. The first-order valence-corrected chi connectivity index (χ1v) is 6.88. The molecule has 0 radical (unpaired) electrons. The molecule has 1 heterocycles. The Morgan fingerprint density at radius 1 is 1.06 bits per heavy atom. The van der Waals surface area contributed by atoms with E-state index in [1.807, 2.05) is 18.2 Å².